The summed E-state index contributed by atoms with van der Waals surface area (Å²) in [5.41, 5.74) is 0.528. The third-order valence-corrected chi connectivity index (χ3v) is 3.15. The smallest absolute Gasteiger partial charge is 0.157 e. The summed E-state index contributed by atoms with van der Waals surface area (Å²) in [7, 11) is 0. The molecule has 0 aliphatic rings. The first-order valence-electron chi connectivity index (χ1n) is 7.67. The maximum absolute atomic E-state index is 11.3. The maximum Gasteiger partial charge on any atom is 0.157 e. The second kappa shape index (κ2) is 10.3. The molecule has 0 heterocycles. The first-order chi connectivity index (χ1) is 9.83. The van der Waals surface area contributed by atoms with Crippen molar-refractivity contribution in [1.82, 2.24) is 0 Å². The second-order valence-electron chi connectivity index (χ2n) is 4.90. The Balaban J connectivity index is 2.58. The predicted molar refractivity (Wildman–Crippen MR) is 81.9 cm³/mol. The number of ether oxygens (including phenoxy) is 2. The van der Waals surface area contributed by atoms with Gasteiger partial charge in [0.1, 0.15) is 11.5 Å². The van der Waals surface area contributed by atoms with Crippen molar-refractivity contribution in [3.63, 3.8) is 0 Å². The minimum Gasteiger partial charge on any atom is -0.493 e. The van der Waals surface area contributed by atoms with Crippen molar-refractivity contribution < 1.29 is 14.3 Å². The summed E-state index contributed by atoms with van der Waals surface area (Å²) in [5.74, 6) is 1.26. The van der Waals surface area contributed by atoms with E-state index in [4.69, 9.17) is 9.47 Å². The first kappa shape index (κ1) is 16.5. The molecule has 3 heteroatoms. The van der Waals surface area contributed by atoms with Gasteiger partial charge in [0.15, 0.2) is 6.29 Å². The Labute approximate surface area is 122 Å². The third kappa shape index (κ3) is 5.64. The predicted octanol–water partition coefficient (Wildman–Crippen LogP) is 4.64. The highest BCUT2D eigenvalue weighted by molar-refractivity contribution is 5.83. The van der Waals surface area contributed by atoms with E-state index in [-0.39, 0.29) is 0 Å². The number of carbonyl (C=O) groups is 1. The Morgan fingerprint density at radius 3 is 1.80 bits per heavy atom. The maximum atomic E-state index is 11.3. The van der Waals surface area contributed by atoms with E-state index >= 15 is 0 Å². The number of hydrogen-bond acceptors (Lipinski definition) is 3. The van der Waals surface area contributed by atoms with Crippen LogP contribution >= 0.6 is 0 Å². The van der Waals surface area contributed by atoms with Crippen molar-refractivity contribution in [1.29, 1.82) is 0 Å². The third-order valence-electron chi connectivity index (χ3n) is 3.15. The van der Waals surface area contributed by atoms with Gasteiger partial charge in [-0.25, -0.2) is 0 Å². The van der Waals surface area contributed by atoms with Crippen LogP contribution in [0.1, 0.15) is 62.7 Å². The minimum atomic E-state index is 0.528. The van der Waals surface area contributed by atoms with Gasteiger partial charge in [-0.2, -0.15) is 0 Å². The molecule has 3 nitrogen and oxygen atoms in total. The molecule has 0 aromatic heterocycles. The fourth-order valence-corrected chi connectivity index (χ4v) is 1.96. The lowest BCUT2D eigenvalue weighted by Crippen LogP contribution is -2.04. The molecule has 0 unspecified atom stereocenters. The van der Waals surface area contributed by atoms with Gasteiger partial charge >= 0.3 is 0 Å². The van der Waals surface area contributed by atoms with E-state index in [1.54, 1.807) is 0 Å². The molecular formula is C17H26O3. The van der Waals surface area contributed by atoms with Crippen LogP contribution in [0.25, 0.3) is 0 Å². The summed E-state index contributed by atoms with van der Waals surface area (Å²) in [4.78, 5) is 11.3. The molecule has 0 spiro atoms. The van der Waals surface area contributed by atoms with Crippen molar-refractivity contribution in [2.45, 2.75) is 52.4 Å². The standard InChI is InChI=1S/C17H26O3/c1-3-5-7-12-19-16-10-9-11-17(15(16)14-18)20-13-8-6-4-2/h9-11,14H,3-8,12-13H2,1-2H3. The summed E-state index contributed by atoms with van der Waals surface area (Å²) in [6, 6.07) is 5.53. The first-order valence-corrected chi connectivity index (χ1v) is 7.67. The Hall–Kier alpha value is -1.51. The van der Waals surface area contributed by atoms with Crippen LogP contribution in [0.3, 0.4) is 0 Å². The van der Waals surface area contributed by atoms with Crippen molar-refractivity contribution in [2.24, 2.45) is 0 Å². The molecule has 0 radical (unpaired) electrons. The van der Waals surface area contributed by atoms with Gasteiger partial charge in [-0.3, -0.25) is 4.79 Å². The van der Waals surface area contributed by atoms with Crippen molar-refractivity contribution in [3.05, 3.63) is 23.8 Å². The average Bonchev–Trinajstić information content (AvgIpc) is 2.48. The van der Waals surface area contributed by atoms with Gasteiger partial charge in [0.2, 0.25) is 0 Å². The molecule has 20 heavy (non-hydrogen) atoms. The number of benzene rings is 1. The van der Waals surface area contributed by atoms with Crippen molar-refractivity contribution >= 4 is 6.29 Å². The molecule has 0 atom stereocenters. The Kier molecular flexibility index (Phi) is 8.52. The Morgan fingerprint density at radius 2 is 1.40 bits per heavy atom. The van der Waals surface area contributed by atoms with E-state index in [0.29, 0.717) is 30.3 Å². The molecule has 0 N–H and O–H groups in total. The SMILES string of the molecule is CCCCCOc1cccc(OCCCCC)c1C=O. The van der Waals surface area contributed by atoms with E-state index in [2.05, 4.69) is 13.8 Å². The van der Waals surface area contributed by atoms with Gasteiger partial charge in [0.05, 0.1) is 18.8 Å². The second-order valence-corrected chi connectivity index (χ2v) is 4.90. The molecule has 0 amide bonds. The van der Waals surface area contributed by atoms with E-state index < -0.39 is 0 Å². The summed E-state index contributed by atoms with van der Waals surface area (Å²) >= 11 is 0. The summed E-state index contributed by atoms with van der Waals surface area (Å²) in [6.45, 7) is 5.60. The monoisotopic (exact) mass is 278 g/mol. The average molecular weight is 278 g/mol. The molecule has 0 aliphatic carbocycles. The van der Waals surface area contributed by atoms with Crippen LogP contribution in [0, 0.1) is 0 Å². The largest absolute Gasteiger partial charge is 0.493 e. The van der Waals surface area contributed by atoms with E-state index in [1.165, 1.54) is 0 Å². The summed E-state index contributed by atoms with van der Waals surface area (Å²) in [5, 5.41) is 0. The number of carbonyl (C=O) groups excluding carboxylic acids is 1. The lowest BCUT2D eigenvalue weighted by molar-refractivity contribution is 0.111. The topological polar surface area (TPSA) is 35.5 Å². The molecular weight excluding hydrogens is 252 g/mol. The van der Waals surface area contributed by atoms with Crippen LogP contribution in [0.15, 0.2) is 18.2 Å². The highest BCUT2D eigenvalue weighted by Crippen LogP contribution is 2.27. The van der Waals surface area contributed by atoms with E-state index in [1.807, 2.05) is 18.2 Å². The molecule has 0 saturated carbocycles. The molecule has 0 bridgehead atoms. The highest BCUT2D eigenvalue weighted by atomic mass is 16.5. The van der Waals surface area contributed by atoms with Gasteiger partial charge in [0.25, 0.3) is 0 Å². The van der Waals surface area contributed by atoms with Gasteiger partial charge in [-0.1, -0.05) is 45.6 Å². The fourth-order valence-electron chi connectivity index (χ4n) is 1.96. The van der Waals surface area contributed by atoms with Gasteiger partial charge in [0, 0.05) is 0 Å². The van der Waals surface area contributed by atoms with Crippen molar-refractivity contribution in [3.8, 4) is 11.5 Å². The quantitative estimate of drug-likeness (QED) is 0.437. The molecule has 112 valence electrons. The van der Waals surface area contributed by atoms with E-state index in [9.17, 15) is 4.79 Å². The van der Waals surface area contributed by atoms with Crippen LogP contribution in [0.4, 0.5) is 0 Å². The number of unbranched alkanes of at least 4 members (excludes halogenated alkanes) is 4. The van der Waals surface area contributed by atoms with Crippen LogP contribution in [0.2, 0.25) is 0 Å². The van der Waals surface area contributed by atoms with Crippen LogP contribution in [-0.4, -0.2) is 19.5 Å². The van der Waals surface area contributed by atoms with Crippen LogP contribution < -0.4 is 9.47 Å². The summed E-state index contributed by atoms with van der Waals surface area (Å²) < 4.78 is 11.4. The van der Waals surface area contributed by atoms with Crippen LogP contribution in [-0.2, 0) is 0 Å². The molecule has 0 saturated heterocycles. The fraction of sp³-hybridized carbons (Fsp3) is 0.588. The number of rotatable bonds is 11. The zero-order valence-electron chi connectivity index (χ0n) is 12.7. The zero-order chi connectivity index (χ0) is 14.6. The van der Waals surface area contributed by atoms with Crippen LogP contribution in [0.5, 0.6) is 11.5 Å². The zero-order valence-corrected chi connectivity index (χ0v) is 12.7. The highest BCUT2D eigenvalue weighted by Gasteiger charge is 2.09. The number of hydrogen-bond donors (Lipinski definition) is 0. The minimum absolute atomic E-state index is 0.528. The molecule has 0 aliphatic heterocycles. The lowest BCUT2D eigenvalue weighted by atomic mass is 10.2. The summed E-state index contributed by atoms with van der Waals surface area (Å²) in [6.07, 6.45) is 7.44. The number of aldehydes is 1. The van der Waals surface area contributed by atoms with Gasteiger partial charge in [-0.05, 0) is 25.0 Å². The van der Waals surface area contributed by atoms with Gasteiger partial charge < -0.3 is 9.47 Å². The lowest BCUT2D eigenvalue weighted by Gasteiger charge is -2.12. The molecule has 1 rings (SSSR count). The Bertz CT molecular complexity index is 358. The van der Waals surface area contributed by atoms with E-state index in [0.717, 1.165) is 44.8 Å². The molecule has 0 fully saturated rings. The molecule has 1 aromatic carbocycles. The molecule has 1 aromatic rings. The normalized spacial score (nSPS) is 10.3. The Morgan fingerprint density at radius 1 is 0.900 bits per heavy atom. The van der Waals surface area contributed by atoms with Crippen molar-refractivity contribution in [2.75, 3.05) is 13.2 Å². The van der Waals surface area contributed by atoms with Gasteiger partial charge in [-0.15, -0.1) is 0 Å².